The third-order valence-corrected chi connectivity index (χ3v) is 7.82. The van der Waals surface area contributed by atoms with Crippen molar-refractivity contribution in [2.75, 3.05) is 26.2 Å². The molecule has 1 saturated heterocycles. The SMILES string of the molecule is C=C(c1ccccc1)c1sc2cc(O)ccc2c1-c1ccc(OCCCN2CC[C@@H](C)C2)cc1. The highest BCUT2D eigenvalue weighted by atomic mass is 32.1. The van der Waals surface area contributed by atoms with Crippen molar-refractivity contribution in [2.45, 2.75) is 19.8 Å². The fourth-order valence-electron chi connectivity index (χ4n) is 4.78. The van der Waals surface area contributed by atoms with Crippen molar-refractivity contribution in [1.29, 1.82) is 0 Å². The number of hydrogen-bond acceptors (Lipinski definition) is 4. The van der Waals surface area contributed by atoms with Crippen LogP contribution in [0.25, 0.3) is 26.8 Å². The number of hydrogen-bond donors (Lipinski definition) is 1. The zero-order chi connectivity index (χ0) is 23.5. The van der Waals surface area contributed by atoms with Crippen LogP contribution in [0.1, 0.15) is 30.2 Å². The minimum atomic E-state index is 0.282. The predicted molar refractivity (Wildman–Crippen MR) is 144 cm³/mol. The molecule has 174 valence electrons. The Morgan fingerprint density at radius 1 is 1.09 bits per heavy atom. The molecular formula is C30H31NO2S. The molecule has 0 radical (unpaired) electrons. The normalized spacial score (nSPS) is 16.2. The van der Waals surface area contributed by atoms with Gasteiger partial charge in [0.2, 0.25) is 0 Å². The van der Waals surface area contributed by atoms with Gasteiger partial charge in [-0.05, 0) is 72.3 Å². The lowest BCUT2D eigenvalue weighted by molar-refractivity contribution is 0.259. The second-order valence-electron chi connectivity index (χ2n) is 9.25. The molecule has 5 rings (SSSR count). The van der Waals surface area contributed by atoms with E-state index in [0.717, 1.165) is 68.5 Å². The van der Waals surface area contributed by atoms with Crippen LogP contribution in [-0.4, -0.2) is 36.2 Å². The summed E-state index contributed by atoms with van der Waals surface area (Å²) in [5, 5.41) is 11.2. The van der Waals surface area contributed by atoms with E-state index in [1.165, 1.54) is 19.5 Å². The van der Waals surface area contributed by atoms with Gasteiger partial charge < -0.3 is 14.7 Å². The summed E-state index contributed by atoms with van der Waals surface area (Å²) >= 11 is 1.67. The third-order valence-electron chi connectivity index (χ3n) is 6.61. The number of fused-ring (bicyclic) bond motifs is 1. The van der Waals surface area contributed by atoms with Crippen LogP contribution in [0.2, 0.25) is 0 Å². The Morgan fingerprint density at radius 3 is 2.62 bits per heavy atom. The fourth-order valence-corrected chi connectivity index (χ4v) is 6.03. The molecule has 2 heterocycles. The molecule has 1 N–H and O–H groups in total. The first-order valence-electron chi connectivity index (χ1n) is 12.0. The van der Waals surface area contributed by atoms with Crippen LogP contribution >= 0.6 is 11.3 Å². The Bertz CT molecular complexity index is 1280. The van der Waals surface area contributed by atoms with E-state index in [-0.39, 0.29) is 5.75 Å². The number of ether oxygens (including phenoxy) is 1. The van der Waals surface area contributed by atoms with Crippen LogP contribution in [-0.2, 0) is 0 Å². The summed E-state index contributed by atoms with van der Waals surface area (Å²) in [6.07, 6.45) is 2.37. The molecule has 3 nitrogen and oxygen atoms in total. The van der Waals surface area contributed by atoms with E-state index >= 15 is 0 Å². The van der Waals surface area contributed by atoms with Crippen molar-refractivity contribution in [2.24, 2.45) is 5.92 Å². The molecule has 0 unspecified atom stereocenters. The molecule has 1 aliphatic rings. The van der Waals surface area contributed by atoms with E-state index in [4.69, 9.17) is 4.74 Å². The van der Waals surface area contributed by atoms with Crippen molar-refractivity contribution < 1.29 is 9.84 Å². The van der Waals surface area contributed by atoms with Gasteiger partial charge in [0.1, 0.15) is 11.5 Å². The minimum Gasteiger partial charge on any atom is -0.508 e. The van der Waals surface area contributed by atoms with Crippen molar-refractivity contribution in [3.8, 4) is 22.6 Å². The van der Waals surface area contributed by atoms with Crippen LogP contribution in [0, 0.1) is 5.92 Å². The summed E-state index contributed by atoms with van der Waals surface area (Å²) in [6.45, 7) is 11.0. The average molecular weight is 470 g/mol. The predicted octanol–water partition coefficient (Wildman–Crippen LogP) is 7.45. The Hall–Kier alpha value is -3.08. The molecule has 0 saturated carbocycles. The summed E-state index contributed by atoms with van der Waals surface area (Å²) in [7, 11) is 0. The summed E-state index contributed by atoms with van der Waals surface area (Å²) < 4.78 is 7.09. The molecule has 1 atom stereocenters. The summed E-state index contributed by atoms with van der Waals surface area (Å²) in [6, 6.07) is 24.3. The van der Waals surface area contributed by atoms with E-state index < -0.39 is 0 Å². The van der Waals surface area contributed by atoms with Gasteiger partial charge in [-0.25, -0.2) is 0 Å². The van der Waals surface area contributed by atoms with Crippen LogP contribution < -0.4 is 4.74 Å². The minimum absolute atomic E-state index is 0.282. The second kappa shape index (κ2) is 10.0. The first-order valence-corrected chi connectivity index (χ1v) is 12.9. The van der Waals surface area contributed by atoms with Gasteiger partial charge in [0.05, 0.1) is 6.61 Å². The zero-order valence-corrected chi connectivity index (χ0v) is 20.5. The van der Waals surface area contributed by atoms with Gasteiger partial charge in [0.25, 0.3) is 0 Å². The topological polar surface area (TPSA) is 32.7 Å². The highest BCUT2D eigenvalue weighted by molar-refractivity contribution is 7.20. The maximum Gasteiger partial charge on any atom is 0.119 e. The van der Waals surface area contributed by atoms with E-state index in [0.29, 0.717) is 0 Å². The molecule has 0 amide bonds. The van der Waals surface area contributed by atoms with Gasteiger partial charge in [-0.1, -0.05) is 56.0 Å². The number of aromatic hydroxyl groups is 1. The van der Waals surface area contributed by atoms with Crippen molar-refractivity contribution >= 4 is 27.0 Å². The summed E-state index contributed by atoms with van der Waals surface area (Å²) in [4.78, 5) is 3.66. The van der Waals surface area contributed by atoms with Gasteiger partial charge >= 0.3 is 0 Å². The van der Waals surface area contributed by atoms with Crippen LogP contribution in [0.5, 0.6) is 11.5 Å². The van der Waals surface area contributed by atoms with Gasteiger partial charge in [0, 0.05) is 33.6 Å². The van der Waals surface area contributed by atoms with E-state index in [1.807, 2.05) is 30.3 Å². The molecule has 4 aromatic rings. The lowest BCUT2D eigenvalue weighted by atomic mass is 9.96. The molecule has 0 spiro atoms. The fraction of sp³-hybridized carbons (Fsp3) is 0.267. The first kappa shape index (κ1) is 22.7. The molecule has 0 aliphatic carbocycles. The number of benzene rings is 3. The molecule has 1 fully saturated rings. The second-order valence-corrected chi connectivity index (χ2v) is 10.3. The highest BCUT2D eigenvalue weighted by Crippen LogP contribution is 2.44. The molecule has 1 aliphatic heterocycles. The number of likely N-dealkylation sites (tertiary alicyclic amines) is 1. The molecule has 34 heavy (non-hydrogen) atoms. The number of nitrogens with zero attached hydrogens (tertiary/aromatic N) is 1. The van der Waals surface area contributed by atoms with Crippen molar-refractivity contribution in [3.05, 3.63) is 89.8 Å². The number of thiophene rings is 1. The van der Waals surface area contributed by atoms with Crippen LogP contribution in [0.4, 0.5) is 0 Å². The standard InChI is InChI=1S/C30H31NO2S/c1-21-15-17-31(20-21)16-6-18-33-26-12-9-24(10-13-26)29-27-14-11-25(32)19-28(27)34-30(29)22(2)23-7-4-3-5-8-23/h3-5,7-14,19,21,32H,2,6,15-18,20H2,1H3/t21-/m1/s1. The monoisotopic (exact) mass is 469 g/mol. The zero-order valence-electron chi connectivity index (χ0n) is 19.7. The highest BCUT2D eigenvalue weighted by Gasteiger charge is 2.19. The Morgan fingerprint density at radius 2 is 1.88 bits per heavy atom. The number of phenolic OH excluding ortho intramolecular Hbond substituents is 1. The average Bonchev–Trinajstić information content (AvgIpc) is 3.45. The first-order chi connectivity index (χ1) is 16.6. The van der Waals surface area contributed by atoms with Gasteiger partial charge in [0.15, 0.2) is 0 Å². The molecule has 4 heteroatoms. The maximum absolute atomic E-state index is 10.0. The molecule has 3 aromatic carbocycles. The molecule has 0 bridgehead atoms. The van der Waals surface area contributed by atoms with Crippen LogP contribution in [0.3, 0.4) is 0 Å². The third kappa shape index (κ3) is 4.89. The summed E-state index contributed by atoms with van der Waals surface area (Å²) in [5.41, 5.74) is 4.38. The largest absolute Gasteiger partial charge is 0.508 e. The van der Waals surface area contributed by atoms with Gasteiger partial charge in [-0.2, -0.15) is 0 Å². The van der Waals surface area contributed by atoms with E-state index in [2.05, 4.69) is 54.8 Å². The Balaban J connectivity index is 1.36. The molecular weight excluding hydrogens is 438 g/mol. The van der Waals surface area contributed by atoms with Gasteiger partial charge in [-0.3, -0.25) is 0 Å². The maximum atomic E-state index is 10.0. The van der Waals surface area contributed by atoms with Crippen molar-refractivity contribution in [1.82, 2.24) is 4.90 Å². The lowest BCUT2D eigenvalue weighted by Gasteiger charge is -2.15. The van der Waals surface area contributed by atoms with E-state index in [9.17, 15) is 5.11 Å². The number of rotatable bonds is 8. The quantitative estimate of drug-likeness (QED) is 0.272. The smallest absolute Gasteiger partial charge is 0.119 e. The number of phenols is 1. The van der Waals surface area contributed by atoms with E-state index in [1.54, 1.807) is 17.4 Å². The molecule has 1 aromatic heterocycles. The van der Waals surface area contributed by atoms with Crippen molar-refractivity contribution in [3.63, 3.8) is 0 Å². The van der Waals surface area contributed by atoms with Crippen LogP contribution in [0.15, 0.2) is 79.4 Å². The Kier molecular flexibility index (Phi) is 6.70. The summed E-state index contributed by atoms with van der Waals surface area (Å²) in [5.74, 6) is 2.01. The Labute approximate surface area is 205 Å². The lowest BCUT2D eigenvalue weighted by Crippen LogP contribution is -2.22. The van der Waals surface area contributed by atoms with Gasteiger partial charge in [-0.15, -0.1) is 11.3 Å².